The van der Waals surface area contributed by atoms with Gasteiger partial charge in [-0.05, 0) is 19.1 Å². The molecule has 1 atom stereocenters. The van der Waals surface area contributed by atoms with Gasteiger partial charge in [0.25, 0.3) is 0 Å². The van der Waals surface area contributed by atoms with Crippen molar-refractivity contribution < 1.29 is 17.2 Å². The van der Waals surface area contributed by atoms with E-state index in [4.69, 9.17) is 11.0 Å². The predicted molar refractivity (Wildman–Crippen MR) is 70.0 cm³/mol. The average molecular weight is 303 g/mol. The van der Waals surface area contributed by atoms with Crippen molar-refractivity contribution in [2.75, 3.05) is 18.8 Å². The van der Waals surface area contributed by atoms with Crippen LogP contribution in [0.15, 0.2) is 17.0 Å². The van der Waals surface area contributed by atoms with Gasteiger partial charge in [0.15, 0.2) is 5.82 Å². The summed E-state index contributed by atoms with van der Waals surface area (Å²) in [6.45, 7) is 3.09. The average Bonchev–Trinajstić information content (AvgIpc) is 2.41. The molecule has 1 aromatic carbocycles. The summed E-state index contributed by atoms with van der Waals surface area (Å²) < 4.78 is 52.5. The lowest BCUT2D eigenvalue weighted by atomic mass is 10.2. The van der Waals surface area contributed by atoms with Crippen molar-refractivity contribution in [2.45, 2.75) is 18.7 Å². The number of hydrogen-bond acceptors (Lipinski definition) is 4. The maximum absolute atomic E-state index is 13.8. The van der Waals surface area contributed by atoms with Gasteiger partial charge in [-0.1, -0.05) is 6.92 Å². The first-order valence-electron chi connectivity index (χ1n) is 5.88. The highest BCUT2D eigenvalue weighted by Gasteiger charge is 2.29. The zero-order valence-electron chi connectivity index (χ0n) is 11.1. The lowest BCUT2D eigenvalue weighted by Gasteiger charge is -2.22. The standard InChI is InChI=1S/C12H15F2N3O2S/c1-3-17(7-8(2)6-15)20(18,19)10-5-4-9(13)12(16)11(10)14/h4-5,8H,3,7,16H2,1-2H3. The lowest BCUT2D eigenvalue weighted by Crippen LogP contribution is -2.35. The molecule has 1 rings (SSSR count). The summed E-state index contributed by atoms with van der Waals surface area (Å²) in [6, 6.07) is 3.53. The van der Waals surface area contributed by atoms with E-state index in [1.165, 1.54) is 0 Å². The molecule has 0 fully saturated rings. The Labute approximate surface area is 116 Å². The fourth-order valence-corrected chi connectivity index (χ4v) is 3.25. The Morgan fingerprint density at radius 2 is 2.05 bits per heavy atom. The van der Waals surface area contributed by atoms with Crippen molar-refractivity contribution in [3.63, 3.8) is 0 Å². The maximum atomic E-state index is 13.8. The van der Waals surface area contributed by atoms with Gasteiger partial charge in [0.1, 0.15) is 16.4 Å². The number of hydrogen-bond donors (Lipinski definition) is 1. The van der Waals surface area contributed by atoms with Gasteiger partial charge < -0.3 is 5.73 Å². The molecule has 0 amide bonds. The van der Waals surface area contributed by atoms with Crippen molar-refractivity contribution in [3.05, 3.63) is 23.8 Å². The van der Waals surface area contributed by atoms with E-state index in [0.717, 1.165) is 16.4 Å². The van der Waals surface area contributed by atoms with Crippen LogP contribution in [0, 0.1) is 28.9 Å². The second kappa shape index (κ2) is 6.15. The molecule has 0 aliphatic rings. The van der Waals surface area contributed by atoms with Crippen LogP contribution in [-0.4, -0.2) is 25.8 Å². The van der Waals surface area contributed by atoms with Gasteiger partial charge >= 0.3 is 0 Å². The van der Waals surface area contributed by atoms with Crippen molar-refractivity contribution >= 4 is 15.7 Å². The first-order chi connectivity index (χ1) is 9.25. The van der Waals surface area contributed by atoms with Crippen molar-refractivity contribution in [1.82, 2.24) is 4.31 Å². The van der Waals surface area contributed by atoms with E-state index in [2.05, 4.69) is 0 Å². The summed E-state index contributed by atoms with van der Waals surface area (Å²) in [7, 11) is -4.17. The smallest absolute Gasteiger partial charge is 0.246 e. The monoisotopic (exact) mass is 303 g/mol. The van der Waals surface area contributed by atoms with Crippen LogP contribution in [0.3, 0.4) is 0 Å². The molecule has 0 aromatic heterocycles. The molecule has 2 N–H and O–H groups in total. The molecule has 0 aliphatic carbocycles. The number of nitrogen functional groups attached to an aromatic ring is 1. The Hall–Kier alpha value is -1.72. The Morgan fingerprint density at radius 1 is 1.45 bits per heavy atom. The van der Waals surface area contributed by atoms with E-state index in [-0.39, 0.29) is 13.1 Å². The minimum Gasteiger partial charge on any atom is -0.394 e. The molecular weight excluding hydrogens is 288 g/mol. The molecule has 0 saturated carbocycles. The molecule has 1 unspecified atom stereocenters. The molecule has 1 aromatic rings. The Balaban J connectivity index is 3.29. The molecule has 20 heavy (non-hydrogen) atoms. The zero-order valence-corrected chi connectivity index (χ0v) is 11.9. The van der Waals surface area contributed by atoms with Gasteiger partial charge in [0.2, 0.25) is 10.0 Å². The van der Waals surface area contributed by atoms with E-state index in [0.29, 0.717) is 0 Å². The lowest BCUT2D eigenvalue weighted by molar-refractivity contribution is 0.396. The van der Waals surface area contributed by atoms with Crippen molar-refractivity contribution in [2.24, 2.45) is 5.92 Å². The number of rotatable bonds is 5. The third kappa shape index (κ3) is 3.05. The molecule has 0 bridgehead atoms. The summed E-state index contributed by atoms with van der Waals surface area (Å²) in [5.74, 6) is -2.88. The van der Waals surface area contributed by atoms with Crippen molar-refractivity contribution in [3.8, 4) is 6.07 Å². The number of benzene rings is 1. The first-order valence-corrected chi connectivity index (χ1v) is 7.32. The third-order valence-corrected chi connectivity index (χ3v) is 4.72. The zero-order chi connectivity index (χ0) is 15.5. The summed E-state index contributed by atoms with van der Waals surface area (Å²) in [5.41, 5.74) is 4.33. The number of halogens is 2. The highest BCUT2D eigenvalue weighted by atomic mass is 32.2. The van der Waals surface area contributed by atoms with Crippen LogP contribution in [-0.2, 0) is 10.0 Å². The van der Waals surface area contributed by atoms with Crippen LogP contribution >= 0.6 is 0 Å². The topological polar surface area (TPSA) is 87.2 Å². The van der Waals surface area contributed by atoms with Gasteiger partial charge in [0.05, 0.1) is 12.0 Å². The van der Waals surface area contributed by atoms with Crippen LogP contribution in [0.4, 0.5) is 14.5 Å². The number of nitriles is 1. The molecule has 8 heteroatoms. The highest BCUT2D eigenvalue weighted by molar-refractivity contribution is 7.89. The second-order valence-electron chi connectivity index (χ2n) is 4.26. The number of anilines is 1. The Morgan fingerprint density at radius 3 is 2.55 bits per heavy atom. The van der Waals surface area contributed by atoms with Crippen LogP contribution in [0.25, 0.3) is 0 Å². The molecule has 0 spiro atoms. The number of nitrogens with zero attached hydrogens (tertiary/aromatic N) is 2. The molecule has 0 aliphatic heterocycles. The first kappa shape index (κ1) is 16.3. The molecule has 0 saturated heterocycles. The Bertz CT molecular complexity index is 641. The fourth-order valence-electron chi connectivity index (χ4n) is 1.63. The Kier molecular flexibility index (Phi) is 5.03. The number of sulfonamides is 1. The van der Waals surface area contributed by atoms with Gasteiger partial charge in [-0.3, -0.25) is 0 Å². The predicted octanol–water partition coefficient (Wildman–Crippen LogP) is 1.72. The van der Waals surface area contributed by atoms with Crippen LogP contribution in [0.5, 0.6) is 0 Å². The van der Waals surface area contributed by atoms with Crippen LogP contribution < -0.4 is 5.73 Å². The van der Waals surface area contributed by atoms with Gasteiger partial charge in [-0.25, -0.2) is 17.2 Å². The molecule has 5 nitrogen and oxygen atoms in total. The molecular formula is C12H15F2N3O2S. The van der Waals surface area contributed by atoms with Crippen molar-refractivity contribution in [1.29, 1.82) is 5.26 Å². The van der Waals surface area contributed by atoms with E-state index in [1.807, 2.05) is 6.07 Å². The number of nitrogens with two attached hydrogens (primary N) is 1. The molecule has 110 valence electrons. The van der Waals surface area contributed by atoms with E-state index >= 15 is 0 Å². The molecule has 0 heterocycles. The minimum absolute atomic E-state index is 0.0606. The quantitative estimate of drug-likeness (QED) is 0.839. The third-order valence-electron chi connectivity index (χ3n) is 2.76. The van der Waals surface area contributed by atoms with E-state index < -0.39 is 38.2 Å². The summed E-state index contributed by atoms with van der Waals surface area (Å²) in [5, 5.41) is 8.74. The van der Waals surface area contributed by atoms with Gasteiger partial charge in [0, 0.05) is 13.1 Å². The van der Waals surface area contributed by atoms with Gasteiger partial charge in [-0.2, -0.15) is 9.57 Å². The summed E-state index contributed by atoms with van der Waals surface area (Å²) >= 11 is 0. The second-order valence-corrected chi connectivity index (χ2v) is 6.17. The van der Waals surface area contributed by atoms with E-state index in [1.54, 1.807) is 13.8 Å². The van der Waals surface area contributed by atoms with Gasteiger partial charge in [-0.15, -0.1) is 0 Å². The largest absolute Gasteiger partial charge is 0.394 e. The maximum Gasteiger partial charge on any atom is 0.246 e. The SMILES string of the molecule is CCN(CC(C)C#N)S(=O)(=O)c1ccc(F)c(N)c1F. The molecule has 0 radical (unpaired) electrons. The normalized spacial score (nSPS) is 13.2. The highest BCUT2D eigenvalue weighted by Crippen LogP contribution is 2.25. The summed E-state index contributed by atoms with van der Waals surface area (Å²) in [6.07, 6.45) is 0. The minimum atomic E-state index is -4.17. The summed E-state index contributed by atoms with van der Waals surface area (Å²) in [4.78, 5) is -0.691. The van der Waals surface area contributed by atoms with Crippen LogP contribution in [0.1, 0.15) is 13.8 Å². The van der Waals surface area contributed by atoms with Crippen LogP contribution in [0.2, 0.25) is 0 Å². The fraction of sp³-hybridized carbons (Fsp3) is 0.417. The van der Waals surface area contributed by atoms with E-state index in [9.17, 15) is 17.2 Å².